The van der Waals surface area contributed by atoms with E-state index in [1.807, 2.05) is 80.6 Å². The van der Waals surface area contributed by atoms with E-state index >= 15 is 0 Å². The standard InChI is InChI=1S/C21H23N3O/c1-3-16(2)24-21(25)19(14-22)15-23-20(17-10-6-4-7-11-17)18-12-8-5-9-13-18/h4-13,15-16,20,23H,3H2,1-2H3,(H,24,25)/b19-15-. The summed E-state index contributed by atoms with van der Waals surface area (Å²) in [4.78, 5) is 12.2. The summed E-state index contributed by atoms with van der Waals surface area (Å²) in [6.07, 6.45) is 2.32. The molecule has 0 heterocycles. The maximum atomic E-state index is 12.2. The molecule has 0 saturated carbocycles. The van der Waals surface area contributed by atoms with Crippen LogP contribution in [0.1, 0.15) is 37.4 Å². The molecule has 2 N–H and O–H groups in total. The maximum Gasteiger partial charge on any atom is 0.263 e. The van der Waals surface area contributed by atoms with Gasteiger partial charge in [-0.1, -0.05) is 67.6 Å². The highest BCUT2D eigenvalue weighted by Gasteiger charge is 2.15. The summed E-state index contributed by atoms with van der Waals surface area (Å²) < 4.78 is 0. The van der Waals surface area contributed by atoms with Crippen LogP contribution in [-0.4, -0.2) is 11.9 Å². The Morgan fingerprint density at radius 1 is 1.08 bits per heavy atom. The lowest BCUT2D eigenvalue weighted by Crippen LogP contribution is -2.33. The van der Waals surface area contributed by atoms with Gasteiger partial charge < -0.3 is 10.6 Å². The molecule has 128 valence electrons. The predicted octanol–water partition coefficient (Wildman–Crippen LogP) is 3.69. The van der Waals surface area contributed by atoms with E-state index in [4.69, 9.17) is 0 Å². The van der Waals surface area contributed by atoms with Crippen LogP contribution in [0.3, 0.4) is 0 Å². The topological polar surface area (TPSA) is 64.9 Å². The van der Waals surface area contributed by atoms with E-state index < -0.39 is 0 Å². The molecule has 1 atom stereocenters. The van der Waals surface area contributed by atoms with Crippen LogP contribution in [0.2, 0.25) is 0 Å². The lowest BCUT2D eigenvalue weighted by Gasteiger charge is -2.19. The van der Waals surface area contributed by atoms with Gasteiger partial charge in [0.05, 0.1) is 6.04 Å². The maximum absolute atomic E-state index is 12.2. The molecule has 25 heavy (non-hydrogen) atoms. The molecule has 0 spiro atoms. The van der Waals surface area contributed by atoms with Gasteiger partial charge >= 0.3 is 0 Å². The number of amides is 1. The average molecular weight is 333 g/mol. The third kappa shape index (κ3) is 5.22. The highest BCUT2D eigenvalue weighted by Crippen LogP contribution is 2.21. The first-order chi connectivity index (χ1) is 12.2. The van der Waals surface area contributed by atoms with Crippen molar-refractivity contribution in [3.63, 3.8) is 0 Å². The second-order valence-electron chi connectivity index (χ2n) is 5.87. The fraction of sp³-hybridized carbons (Fsp3) is 0.238. The van der Waals surface area contributed by atoms with Gasteiger partial charge in [-0.15, -0.1) is 0 Å². The molecule has 0 aromatic heterocycles. The molecule has 2 rings (SSSR count). The van der Waals surface area contributed by atoms with Crippen LogP contribution in [-0.2, 0) is 4.79 Å². The SMILES string of the molecule is CCC(C)NC(=O)/C(C#N)=C\NC(c1ccccc1)c1ccccc1. The van der Waals surface area contributed by atoms with Gasteiger partial charge in [0, 0.05) is 12.2 Å². The number of hydrogen-bond acceptors (Lipinski definition) is 3. The van der Waals surface area contributed by atoms with E-state index in [2.05, 4.69) is 10.6 Å². The Morgan fingerprint density at radius 2 is 1.60 bits per heavy atom. The van der Waals surface area contributed by atoms with Crippen molar-refractivity contribution in [2.75, 3.05) is 0 Å². The molecule has 0 aliphatic rings. The quantitative estimate of drug-likeness (QED) is 0.600. The first-order valence-corrected chi connectivity index (χ1v) is 8.42. The predicted molar refractivity (Wildman–Crippen MR) is 99.5 cm³/mol. The molecule has 0 fully saturated rings. The first kappa shape index (κ1) is 18.3. The summed E-state index contributed by atoms with van der Waals surface area (Å²) in [6, 6.07) is 21.7. The molecule has 0 aliphatic carbocycles. The molecule has 4 nitrogen and oxygen atoms in total. The molecule has 1 unspecified atom stereocenters. The minimum Gasteiger partial charge on any atom is -0.379 e. The van der Waals surface area contributed by atoms with Crippen LogP contribution in [0.5, 0.6) is 0 Å². The van der Waals surface area contributed by atoms with Crippen LogP contribution in [0.25, 0.3) is 0 Å². The van der Waals surface area contributed by atoms with Gasteiger partial charge in [-0.2, -0.15) is 5.26 Å². The number of hydrogen-bond donors (Lipinski definition) is 2. The molecule has 0 radical (unpaired) electrons. The number of nitrogens with one attached hydrogen (secondary N) is 2. The van der Waals surface area contributed by atoms with Crippen LogP contribution in [0.15, 0.2) is 72.4 Å². The van der Waals surface area contributed by atoms with Crippen LogP contribution < -0.4 is 10.6 Å². The molecule has 1 amide bonds. The largest absolute Gasteiger partial charge is 0.379 e. The molecule has 0 bridgehead atoms. The second-order valence-corrected chi connectivity index (χ2v) is 5.87. The number of carbonyl (C=O) groups is 1. The monoisotopic (exact) mass is 333 g/mol. The van der Waals surface area contributed by atoms with Gasteiger partial charge in [0.2, 0.25) is 0 Å². The van der Waals surface area contributed by atoms with Crippen molar-refractivity contribution < 1.29 is 4.79 Å². The van der Waals surface area contributed by atoms with Gasteiger partial charge in [0.15, 0.2) is 0 Å². The molecule has 4 heteroatoms. The van der Waals surface area contributed by atoms with Crippen molar-refractivity contribution in [2.45, 2.75) is 32.4 Å². The van der Waals surface area contributed by atoms with E-state index in [0.717, 1.165) is 17.5 Å². The zero-order valence-electron chi connectivity index (χ0n) is 14.6. The Morgan fingerprint density at radius 3 is 2.04 bits per heavy atom. The number of nitriles is 1. The van der Waals surface area contributed by atoms with E-state index in [1.165, 1.54) is 6.20 Å². The third-order valence-electron chi connectivity index (χ3n) is 4.02. The minimum absolute atomic E-state index is 0.0308. The Bertz CT molecular complexity index is 708. The first-order valence-electron chi connectivity index (χ1n) is 8.42. The molecular weight excluding hydrogens is 310 g/mol. The van der Waals surface area contributed by atoms with Gasteiger partial charge in [-0.25, -0.2) is 0 Å². The summed E-state index contributed by atoms with van der Waals surface area (Å²) in [5.41, 5.74) is 2.19. The smallest absolute Gasteiger partial charge is 0.263 e. The minimum atomic E-state index is -0.357. The van der Waals surface area contributed by atoms with Crippen molar-refractivity contribution in [3.8, 4) is 6.07 Å². The highest BCUT2D eigenvalue weighted by atomic mass is 16.1. The third-order valence-corrected chi connectivity index (χ3v) is 4.02. The Kier molecular flexibility index (Phi) is 6.79. The summed E-state index contributed by atoms with van der Waals surface area (Å²) in [5.74, 6) is -0.357. The summed E-state index contributed by atoms with van der Waals surface area (Å²) >= 11 is 0. The van der Waals surface area contributed by atoms with E-state index in [1.54, 1.807) is 0 Å². The van der Waals surface area contributed by atoms with Crippen molar-refractivity contribution in [2.24, 2.45) is 0 Å². The molecule has 0 aliphatic heterocycles. The zero-order valence-corrected chi connectivity index (χ0v) is 14.6. The molecular formula is C21H23N3O. The Labute approximate surface area is 149 Å². The Balaban J connectivity index is 2.24. The zero-order chi connectivity index (χ0) is 18.1. The lowest BCUT2D eigenvalue weighted by molar-refractivity contribution is -0.117. The van der Waals surface area contributed by atoms with E-state index in [-0.39, 0.29) is 23.6 Å². The molecule has 0 saturated heterocycles. The van der Waals surface area contributed by atoms with Crippen molar-refractivity contribution in [1.29, 1.82) is 5.26 Å². The lowest BCUT2D eigenvalue weighted by atomic mass is 9.99. The van der Waals surface area contributed by atoms with Crippen molar-refractivity contribution in [3.05, 3.63) is 83.6 Å². The molecule has 2 aromatic rings. The summed E-state index contributed by atoms with van der Waals surface area (Å²) in [7, 11) is 0. The number of benzene rings is 2. The highest BCUT2D eigenvalue weighted by molar-refractivity contribution is 5.97. The van der Waals surface area contributed by atoms with E-state index in [0.29, 0.717) is 0 Å². The number of rotatable bonds is 7. The normalized spacial score (nSPS) is 12.3. The fourth-order valence-electron chi connectivity index (χ4n) is 2.39. The van der Waals surface area contributed by atoms with Crippen LogP contribution in [0, 0.1) is 11.3 Å². The van der Waals surface area contributed by atoms with Gasteiger partial charge in [-0.3, -0.25) is 4.79 Å². The summed E-state index contributed by atoms with van der Waals surface area (Å²) in [5, 5.41) is 15.4. The van der Waals surface area contributed by atoms with Gasteiger partial charge in [0.1, 0.15) is 11.6 Å². The average Bonchev–Trinajstić information content (AvgIpc) is 2.66. The van der Waals surface area contributed by atoms with E-state index in [9.17, 15) is 10.1 Å². The second kappa shape index (κ2) is 9.29. The van der Waals surface area contributed by atoms with Crippen LogP contribution in [0.4, 0.5) is 0 Å². The van der Waals surface area contributed by atoms with Gasteiger partial charge in [0.25, 0.3) is 5.91 Å². The number of nitrogens with zero attached hydrogens (tertiary/aromatic N) is 1. The van der Waals surface area contributed by atoms with Crippen LogP contribution >= 0.6 is 0 Å². The molecule has 2 aromatic carbocycles. The Hall–Kier alpha value is -3.06. The van der Waals surface area contributed by atoms with Gasteiger partial charge in [-0.05, 0) is 24.5 Å². The van der Waals surface area contributed by atoms with Crippen molar-refractivity contribution >= 4 is 5.91 Å². The fourth-order valence-corrected chi connectivity index (χ4v) is 2.39. The van der Waals surface area contributed by atoms with Crippen molar-refractivity contribution in [1.82, 2.24) is 10.6 Å². The number of carbonyl (C=O) groups excluding carboxylic acids is 1. The summed E-state index contributed by atoms with van der Waals surface area (Å²) in [6.45, 7) is 3.90.